The normalized spacial score (nSPS) is 17.9. The van der Waals surface area contributed by atoms with E-state index in [1.54, 1.807) is 14.2 Å². The van der Waals surface area contributed by atoms with Crippen LogP contribution in [0.2, 0.25) is 0 Å². The van der Waals surface area contributed by atoms with E-state index in [-0.39, 0.29) is 0 Å². The van der Waals surface area contributed by atoms with Crippen LogP contribution in [0.1, 0.15) is 12.0 Å². The summed E-state index contributed by atoms with van der Waals surface area (Å²) in [7, 11) is 3.29. The average molecular weight is 238 g/mol. The summed E-state index contributed by atoms with van der Waals surface area (Å²) in [6.45, 7) is 2.18. The first-order valence-electron chi connectivity index (χ1n) is 5.73. The molecule has 1 fully saturated rings. The van der Waals surface area contributed by atoms with Crippen LogP contribution in [-0.2, 0) is 16.1 Å². The zero-order chi connectivity index (χ0) is 12.1. The van der Waals surface area contributed by atoms with Gasteiger partial charge in [0.25, 0.3) is 0 Å². The van der Waals surface area contributed by atoms with Gasteiger partial charge in [-0.1, -0.05) is 0 Å². The van der Waals surface area contributed by atoms with Crippen LogP contribution in [0.5, 0.6) is 11.5 Å². The van der Waals surface area contributed by atoms with E-state index in [2.05, 4.69) is 0 Å². The van der Waals surface area contributed by atoms with Crippen LogP contribution in [0.4, 0.5) is 0 Å². The van der Waals surface area contributed by atoms with Gasteiger partial charge in [0.2, 0.25) is 0 Å². The molecule has 0 aliphatic carbocycles. The van der Waals surface area contributed by atoms with Gasteiger partial charge in [-0.25, -0.2) is 0 Å². The molecule has 1 saturated heterocycles. The summed E-state index contributed by atoms with van der Waals surface area (Å²) in [5, 5.41) is 0. The molecule has 0 amide bonds. The van der Waals surface area contributed by atoms with E-state index >= 15 is 0 Å². The van der Waals surface area contributed by atoms with Gasteiger partial charge in [0.15, 0.2) is 0 Å². The Morgan fingerprint density at radius 3 is 2.35 bits per heavy atom. The third-order valence-electron chi connectivity index (χ3n) is 2.67. The molecular weight excluding hydrogens is 220 g/mol. The number of ether oxygens (including phenoxy) is 4. The van der Waals surface area contributed by atoms with E-state index in [9.17, 15) is 0 Å². The average Bonchev–Trinajstić information content (AvgIpc) is 3.18. The third-order valence-corrected chi connectivity index (χ3v) is 2.67. The molecule has 0 bridgehead atoms. The topological polar surface area (TPSA) is 40.2 Å². The molecule has 1 atom stereocenters. The summed E-state index contributed by atoms with van der Waals surface area (Å²) in [6.07, 6.45) is 1.40. The monoisotopic (exact) mass is 238 g/mol. The number of methoxy groups -OCH3 is 2. The second-order valence-electron chi connectivity index (χ2n) is 4.02. The van der Waals surface area contributed by atoms with Crippen molar-refractivity contribution in [3.05, 3.63) is 23.8 Å². The number of benzene rings is 1. The first-order valence-corrected chi connectivity index (χ1v) is 5.73. The highest BCUT2D eigenvalue weighted by Crippen LogP contribution is 2.23. The Morgan fingerprint density at radius 2 is 1.82 bits per heavy atom. The zero-order valence-electron chi connectivity index (χ0n) is 10.3. The predicted octanol–water partition coefficient (Wildman–Crippen LogP) is 2.01. The van der Waals surface area contributed by atoms with Crippen molar-refractivity contribution in [1.82, 2.24) is 0 Å². The van der Waals surface area contributed by atoms with Crippen molar-refractivity contribution in [3.8, 4) is 11.5 Å². The van der Waals surface area contributed by atoms with Crippen molar-refractivity contribution in [2.45, 2.75) is 19.1 Å². The van der Waals surface area contributed by atoms with Crippen molar-refractivity contribution in [2.75, 3.05) is 27.4 Å². The molecule has 2 rings (SSSR count). The van der Waals surface area contributed by atoms with Gasteiger partial charge in [-0.3, -0.25) is 0 Å². The van der Waals surface area contributed by atoms with Crippen LogP contribution in [0.25, 0.3) is 0 Å². The molecule has 1 aromatic carbocycles. The van der Waals surface area contributed by atoms with Crippen LogP contribution in [0.3, 0.4) is 0 Å². The maximum absolute atomic E-state index is 5.58. The summed E-state index contributed by atoms with van der Waals surface area (Å²) in [5.41, 5.74) is 1.05. The van der Waals surface area contributed by atoms with Crippen LogP contribution < -0.4 is 9.47 Å². The Bertz CT molecular complexity index is 338. The zero-order valence-corrected chi connectivity index (χ0v) is 10.3. The fourth-order valence-corrected chi connectivity index (χ4v) is 1.59. The van der Waals surface area contributed by atoms with Gasteiger partial charge in [0, 0.05) is 12.7 Å². The largest absolute Gasteiger partial charge is 0.497 e. The Hall–Kier alpha value is -1.26. The smallest absolute Gasteiger partial charge is 0.122 e. The molecule has 0 aromatic heterocycles. The Morgan fingerprint density at radius 1 is 1.18 bits per heavy atom. The van der Waals surface area contributed by atoms with Crippen molar-refractivity contribution >= 4 is 0 Å². The predicted molar refractivity (Wildman–Crippen MR) is 63.6 cm³/mol. The molecule has 0 unspecified atom stereocenters. The fourth-order valence-electron chi connectivity index (χ4n) is 1.59. The quantitative estimate of drug-likeness (QED) is 0.538. The molecular formula is C13H18O4. The SMILES string of the molecule is COc1cc(COCC[C@H]2CO2)cc(OC)c1. The lowest BCUT2D eigenvalue weighted by Crippen LogP contribution is -1.99. The van der Waals surface area contributed by atoms with Crippen molar-refractivity contribution in [1.29, 1.82) is 0 Å². The van der Waals surface area contributed by atoms with Gasteiger partial charge in [-0.05, 0) is 24.1 Å². The van der Waals surface area contributed by atoms with Crippen molar-refractivity contribution in [2.24, 2.45) is 0 Å². The molecule has 1 heterocycles. The summed E-state index contributed by atoms with van der Waals surface area (Å²) < 4.78 is 21.1. The molecule has 1 aliphatic rings. The van der Waals surface area contributed by atoms with Gasteiger partial charge in [0.05, 0.1) is 33.5 Å². The van der Waals surface area contributed by atoms with E-state index in [4.69, 9.17) is 18.9 Å². The lowest BCUT2D eigenvalue weighted by Gasteiger charge is -2.08. The lowest BCUT2D eigenvalue weighted by molar-refractivity contribution is 0.112. The Kier molecular flexibility index (Phi) is 4.23. The number of rotatable bonds is 7. The second-order valence-corrected chi connectivity index (χ2v) is 4.02. The van der Waals surface area contributed by atoms with Crippen LogP contribution >= 0.6 is 0 Å². The molecule has 0 spiro atoms. The van der Waals surface area contributed by atoms with Gasteiger partial charge in [-0.2, -0.15) is 0 Å². The summed E-state index contributed by atoms with van der Waals surface area (Å²) in [5.74, 6) is 1.57. The second kappa shape index (κ2) is 5.89. The molecule has 1 aliphatic heterocycles. The lowest BCUT2D eigenvalue weighted by atomic mass is 10.2. The molecule has 17 heavy (non-hydrogen) atoms. The highest BCUT2D eigenvalue weighted by Gasteiger charge is 2.21. The minimum atomic E-state index is 0.426. The molecule has 4 nitrogen and oxygen atoms in total. The minimum absolute atomic E-state index is 0.426. The van der Waals surface area contributed by atoms with E-state index in [0.717, 1.165) is 36.7 Å². The molecule has 94 valence electrons. The number of hydrogen-bond donors (Lipinski definition) is 0. The number of hydrogen-bond acceptors (Lipinski definition) is 4. The van der Waals surface area contributed by atoms with E-state index in [1.807, 2.05) is 18.2 Å². The van der Waals surface area contributed by atoms with Crippen LogP contribution in [0, 0.1) is 0 Å². The minimum Gasteiger partial charge on any atom is -0.497 e. The first kappa shape index (κ1) is 12.2. The van der Waals surface area contributed by atoms with Crippen molar-refractivity contribution in [3.63, 3.8) is 0 Å². The van der Waals surface area contributed by atoms with E-state index < -0.39 is 0 Å². The summed E-state index contributed by atoms with van der Waals surface area (Å²) in [4.78, 5) is 0. The molecule has 0 radical (unpaired) electrons. The summed E-state index contributed by atoms with van der Waals surface area (Å²) >= 11 is 0. The Labute approximate surface area is 101 Å². The van der Waals surface area contributed by atoms with Crippen LogP contribution in [-0.4, -0.2) is 33.5 Å². The van der Waals surface area contributed by atoms with E-state index in [1.165, 1.54) is 0 Å². The van der Waals surface area contributed by atoms with E-state index in [0.29, 0.717) is 12.7 Å². The highest BCUT2D eigenvalue weighted by molar-refractivity contribution is 5.38. The summed E-state index contributed by atoms with van der Waals surface area (Å²) in [6, 6.07) is 5.76. The molecule has 1 aromatic rings. The molecule has 0 saturated carbocycles. The van der Waals surface area contributed by atoms with Gasteiger partial charge in [-0.15, -0.1) is 0 Å². The van der Waals surface area contributed by atoms with Gasteiger partial charge >= 0.3 is 0 Å². The first-order chi connectivity index (χ1) is 8.31. The highest BCUT2D eigenvalue weighted by atomic mass is 16.6. The Balaban J connectivity index is 1.84. The maximum Gasteiger partial charge on any atom is 0.122 e. The maximum atomic E-state index is 5.58. The van der Waals surface area contributed by atoms with Crippen molar-refractivity contribution < 1.29 is 18.9 Å². The fraction of sp³-hybridized carbons (Fsp3) is 0.538. The standard InChI is InChI=1S/C13H18O4/c1-14-12-5-10(6-13(7-12)15-2)8-16-4-3-11-9-17-11/h5-7,11H,3-4,8-9H2,1-2H3/t11-/m0/s1. The third kappa shape index (κ3) is 3.91. The molecule has 0 N–H and O–H groups in total. The number of epoxide rings is 1. The van der Waals surface area contributed by atoms with Crippen LogP contribution in [0.15, 0.2) is 18.2 Å². The molecule has 4 heteroatoms. The van der Waals surface area contributed by atoms with Gasteiger partial charge in [0.1, 0.15) is 11.5 Å². The van der Waals surface area contributed by atoms with Gasteiger partial charge < -0.3 is 18.9 Å².